The Kier molecular flexibility index (Phi) is 6.15. The van der Waals surface area contributed by atoms with Crippen LogP contribution in [0.3, 0.4) is 0 Å². The molecule has 12 heteroatoms. The van der Waals surface area contributed by atoms with Crippen LogP contribution in [0.25, 0.3) is 10.9 Å². The number of fused-ring (bicyclic) bond motifs is 1. The highest BCUT2D eigenvalue weighted by Crippen LogP contribution is 2.36. The minimum Gasteiger partial charge on any atom is -0.366 e. The van der Waals surface area contributed by atoms with Crippen molar-refractivity contribution in [2.75, 3.05) is 5.32 Å². The quantitative estimate of drug-likeness (QED) is 0.401. The molecule has 4 aromatic rings. The van der Waals surface area contributed by atoms with Gasteiger partial charge in [-0.05, 0) is 36.8 Å². The molecule has 0 unspecified atom stereocenters. The fourth-order valence-electron chi connectivity index (χ4n) is 3.68. The molecule has 0 aliphatic heterocycles. The summed E-state index contributed by atoms with van der Waals surface area (Å²) in [6, 6.07) is 12.6. The van der Waals surface area contributed by atoms with Crippen molar-refractivity contribution in [3.05, 3.63) is 88.1 Å². The molecule has 0 bridgehead atoms. The van der Waals surface area contributed by atoms with E-state index < -0.39 is 40.9 Å². The molecular formula is C24H16F4N6O2. The van der Waals surface area contributed by atoms with Gasteiger partial charge in [-0.25, -0.2) is 9.37 Å². The first kappa shape index (κ1) is 24.3. The Labute approximate surface area is 201 Å². The summed E-state index contributed by atoms with van der Waals surface area (Å²) in [5.41, 5.74) is 3.37. The van der Waals surface area contributed by atoms with Crippen LogP contribution in [-0.2, 0) is 12.7 Å². The highest BCUT2D eigenvalue weighted by Gasteiger charge is 2.39. The van der Waals surface area contributed by atoms with E-state index in [1.807, 2.05) is 6.07 Å². The van der Waals surface area contributed by atoms with Crippen LogP contribution in [-0.4, -0.2) is 26.6 Å². The van der Waals surface area contributed by atoms with Gasteiger partial charge in [0.25, 0.3) is 5.91 Å². The zero-order chi connectivity index (χ0) is 26.2. The molecule has 2 heterocycles. The van der Waals surface area contributed by atoms with E-state index in [0.29, 0.717) is 5.56 Å². The Hall–Kier alpha value is -4.79. The average Bonchev–Trinajstić information content (AvgIpc) is 3.13. The zero-order valence-electron chi connectivity index (χ0n) is 18.5. The van der Waals surface area contributed by atoms with Crippen molar-refractivity contribution in [1.82, 2.24) is 14.8 Å². The van der Waals surface area contributed by atoms with E-state index >= 15 is 0 Å². The number of nitrogens with zero attached hydrogens (tertiary/aromatic N) is 4. The first-order valence-corrected chi connectivity index (χ1v) is 10.3. The number of primary amides is 1. The van der Waals surface area contributed by atoms with E-state index in [4.69, 9.17) is 5.73 Å². The number of carbonyl (C=O) groups excluding carboxylic acids is 2. The van der Waals surface area contributed by atoms with Crippen LogP contribution in [0.4, 0.5) is 23.2 Å². The van der Waals surface area contributed by atoms with Gasteiger partial charge >= 0.3 is 6.18 Å². The van der Waals surface area contributed by atoms with Crippen LogP contribution in [0.2, 0.25) is 0 Å². The lowest BCUT2D eigenvalue weighted by Gasteiger charge is -2.11. The molecule has 2 aromatic carbocycles. The van der Waals surface area contributed by atoms with Crippen molar-refractivity contribution in [3.63, 3.8) is 0 Å². The smallest absolute Gasteiger partial charge is 0.366 e. The molecule has 0 saturated carbocycles. The van der Waals surface area contributed by atoms with Gasteiger partial charge in [-0.15, -0.1) is 0 Å². The van der Waals surface area contributed by atoms with E-state index in [2.05, 4.69) is 15.4 Å². The Morgan fingerprint density at radius 3 is 2.56 bits per heavy atom. The lowest BCUT2D eigenvalue weighted by Crippen LogP contribution is -2.19. The number of amides is 2. The first-order valence-electron chi connectivity index (χ1n) is 10.3. The molecule has 0 fully saturated rings. The van der Waals surface area contributed by atoms with Gasteiger partial charge in [0.05, 0.1) is 40.6 Å². The maximum atomic E-state index is 13.8. The zero-order valence-corrected chi connectivity index (χ0v) is 18.5. The number of pyridine rings is 1. The second-order valence-electron chi connectivity index (χ2n) is 7.77. The number of halogens is 4. The van der Waals surface area contributed by atoms with Gasteiger partial charge in [0.2, 0.25) is 5.91 Å². The van der Waals surface area contributed by atoms with Gasteiger partial charge < -0.3 is 11.1 Å². The largest absolute Gasteiger partial charge is 0.437 e. The second-order valence-corrected chi connectivity index (χ2v) is 7.77. The molecule has 0 spiro atoms. The van der Waals surface area contributed by atoms with Crippen LogP contribution >= 0.6 is 0 Å². The molecule has 2 aromatic heterocycles. The fraction of sp³-hybridized carbons (Fsp3) is 0.125. The number of benzene rings is 2. The lowest BCUT2D eigenvalue weighted by molar-refractivity contribution is -0.140. The normalized spacial score (nSPS) is 11.3. The molecule has 0 aliphatic rings. The maximum Gasteiger partial charge on any atom is 0.437 e. The van der Waals surface area contributed by atoms with E-state index in [1.54, 1.807) is 18.2 Å². The molecule has 0 aliphatic carbocycles. The Bertz CT molecular complexity index is 1570. The molecule has 36 heavy (non-hydrogen) atoms. The minimum atomic E-state index is -4.92. The fourth-order valence-corrected chi connectivity index (χ4v) is 3.68. The molecule has 0 saturated heterocycles. The maximum absolute atomic E-state index is 13.8. The number of alkyl halides is 3. The third-order valence-electron chi connectivity index (χ3n) is 5.44. The lowest BCUT2D eigenvalue weighted by atomic mass is 10.1. The molecule has 3 N–H and O–H groups in total. The van der Waals surface area contributed by atoms with Crippen molar-refractivity contribution < 1.29 is 27.2 Å². The van der Waals surface area contributed by atoms with Gasteiger partial charge in [-0.1, -0.05) is 18.2 Å². The van der Waals surface area contributed by atoms with Crippen LogP contribution in [0.5, 0.6) is 0 Å². The number of carbonyl (C=O) groups is 2. The van der Waals surface area contributed by atoms with Crippen molar-refractivity contribution in [2.24, 2.45) is 5.73 Å². The van der Waals surface area contributed by atoms with Crippen molar-refractivity contribution in [1.29, 1.82) is 5.26 Å². The van der Waals surface area contributed by atoms with Crippen molar-refractivity contribution in [3.8, 4) is 6.07 Å². The summed E-state index contributed by atoms with van der Waals surface area (Å²) in [6.45, 7) is 1.17. The van der Waals surface area contributed by atoms with Gasteiger partial charge in [-0.2, -0.15) is 23.5 Å². The number of hydrogen-bond acceptors (Lipinski definition) is 5. The average molecular weight is 496 g/mol. The summed E-state index contributed by atoms with van der Waals surface area (Å²) in [5, 5.41) is 15.2. The van der Waals surface area contributed by atoms with Crippen LogP contribution in [0.15, 0.2) is 48.5 Å². The standard InChI is InChI=1S/C24H16F4N6O2/c1-12-20(21(24(26,27)28)33-34(12)11-14-5-3-2-4-13(14)10-29)32-23(36)19-9-17(22(30)35)16-7-6-15(25)8-18(16)31-19/h2-9H,11H2,1H3,(H2,30,35)(H,32,36). The molecule has 182 valence electrons. The summed E-state index contributed by atoms with van der Waals surface area (Å²) in [4.78, 5) is 28.8. The first-order chi connectivity index (χ1) is 17.0. The van der Waals surface area contributed by atoms with E-state index in [0.717, 1.165) is 22.9 Å². The molecule has 8 nitrogen and oxygen atoms in total. The van der Waals surface area contributed by atoms with E-state index in [9.17, 15) is 32.4 Å². The topological polar surface area (TPSA) is 127 Å². The van der Waals surface area contributed by atoms with Crippen molar-refractivity contribution in [2.45, 2.75) is 19.6 Å². The third kappa shape index (κ3) is 4.58. The minimum absolute atomic E-state index is 0.0367. The van der Waals surface area contributed by atoms with Gasteiger partial charge in [0.1, 0.15) is 11.5 Å². The summed E-state index contributed by atoms with van der Waals surface area (Å²) >= 11 is 0. The van der Waals surface area contributed by atoms with Crippen LogP contribution < -0.4 is 11.1 Å². The Morgan fingerprint density at radius 1 is 1.17 bits per heavy atom. The van der Waals surface area contributed by atoms with E-state index in [-0.39, 0.29) is 34.3 Å². The molecule has 2 amide bonds. The summed E-state index contributed by atoms with van der Waals surface area (Å²) in [6.07, 6.45) is -4.92. The van der Waals surface area contributed by atoms with Gasteiger partial charge in [-0.3, -0.25) is 14.3 Å². The van der Waals surface area contributed by atoms with Gasteiger partial charge in [0.15, 0.2) is 5.69 Å². The number of nitriles is 1. The highest BCUT2D eigenvalue weighted by molar-refractivity contribution is 6.10. The van der Waals surface area contributed by atoms with Crippen LogP contribution in [0, 0.1) is 24.1 Å². The second kappa shape index (κ2) is 9.10. The summed E-state index contributed by atoms with van der Waals surface area (Å²) < 4.78 is 56.1. The number of hydrogen-bond donors (Lipinski definition) is 2. The summed E-state index contributed by atoms with van der Waals surface area (Å²) in [7, 11) is 0. The monoisotopic (exact) mass is 496 g/mol. The van der Waals surface area contributed by atoms with Gasteiger partial charge in [0, 0.05) is 11.5 Å². The molecule has 0 radical (unpaired) electrons. The van der Waals surface area contributed by atoms with Crippen LogP contribution in [0.1, 0.15) is 43.4 Å². The SMILES string of the molecule is Cc1c(NC(=O)c2cc(C(N)=O)c3ccc(F)cc3n2)c(C(F)(F)F)nn1Cc1ccccc1C#N. The highest BCUT2D eigenvalue weighted by atomic mass is 19.4. The number of nitrogens with two attached hydrogens (primary N) is 1. The molecular weight excluding hydrogens is 480 g/mol. The summed E-state index contributed by atoms with van der Waals surface area (Å²) in [5.74, 6) is -2.72. The predicted octanol–water partition coefficient (Wildman–Crippen LogP) is 4.17. The number of rotatable bonds is 5. The van der Waals surface area contributed by atoms with E-state index in [1.165, 1.54) is 19.1 Å². The third-order valence-corrected chi connectivity index (χ3v) is 5.44. The number of anilines is 1. The molecule has 0 atom stereocenters. The Balaban J connectivity index is 1.77. The number of aromatic nitrogens is 3. The van der Waals surface area contributed by atoms with Crippen molar-refractivity contribution >= 4 is 28.4 Å². The molecule has 4 rings (SSSR count). The predicted molar refractivity (Wildman–Crippen MR) is 120 cm³/mol. The Morgan fingerprint density at radius 2 is 1.89 bits per heavy atom. The number of nitrogens with one attached hydrogen (secondary N) is 1.